The highest BCUT2D eigenvalue weighted by Gasteiger charge is 2.41. The van der Waals surface area contributed by atoms with Crippen LogP contribution < -0.4 is 15.6 Å². The van der Waals surface area contributed by atoms with Gasteiger partial charge >= 0.3 is 6.17 Å². The quantitative estimate of drug-likeness (QED) is 0.168. The second-order valence-electron chi connectivity index (χ2n) is 15.3. The van der Waals surface area contributed by atoms with Crippen molar-refractivity contribution in [2.75, 3.05) is 5.32 Å². The summed E-state index contributed by atoms with van der Waals surface area (Å²) < 4.78 is 2.50. The van der Waals surface area contributed by atoms with E-state index in [0.29, 0.717) is 5.57 Å². The highest BCUT2D eigenvalue weighted by molar-refractivity contribution is 6.16. The Bertz CT molecular complexity index is 2810. The number of fused-ring (bicyclic) bond motifs is 6. The number of hydrogen-bond acceptors (Lipinski definition) is 2. The van der Waals surface area contributed by atoms with Crippen molar-refractivity contribution in [2.24, 2.45) is 0 Å². The Labute approximate surface area is 321 Å². The Balaban J connectivity index is 1.21. The summed E-state index contributed by atoms with van der Waals surface area (Å²) in [4.78, 5) is 3.92. The molecule has 0 radical (unpaired) electrons. The van der Waals surface area contributed by atoms with E-state index in [1.807, 2.05) is 24.3 Å². The number of nitriles is 1. The van der Waals surface area contributed by atoms with Gasteiger partial charge in [-0.25, -0.2) is 0 Å². The summed E-state index contributed by atoms with van der Waals surface area (Å²) in [5.74, 6) is 0.192. The predicted octanol–water partition coefficient (Wildman–Crippen LogP) is 8.54. The first kappa shape index (κ1) is 32.9. The monoisotopic (exact) mass is 711 g/mol. The molecule has 3 aliphatic rings. The molecule has 0 saturated heterocycles. The largest absolute Gasteiger partial charge is 0.355 e. The van der Waals surface area contributed by atoms with Gasteiger partial charge in [-0.2, -0.15) is 10.3 Å². The lowest BCUT2D eigenvalue weighted by Crippen LogP contribution is -3.08. The highest BCUT2D eigenvalue weighted by atomic mass is 15.1. The Morgan fingerprint density at radius 2 is 1.40 bits per heavy atom. The van der Waals surface area contributed by atoms with Crippen molar-refractivity contribution in [1.29, 1.82) is 5.26 Å². The fraction of sp³-hybridized carbons (Fsp3) is 0.120. The molecule has 0 bridgehead atoms. The van der Waals surface area contributed by atoms with Crippen LogP contribution in [-0.2, 0) is 5.41 Å². The molecule has 0 spiro atoms. The maximum atomic E-state index is 10.8. The molecule has 4 N–H and O–H groups in total. The van der Waals surface area contributed by atoms with E-state index in [4.69, 9.17) is 0 Å². The second-order valence-corrected chi connectivity index (χ2v) is 15.3. The molecule has 0 amide bonds. The second kappa shape index (κ2) is 13.0. The number of rotatable bonds is 5. The van der Waals surface area contributed by atoms with E-state index in [0.717, 1.165) is 40.3 Å². The zero-order valence-corrected chi connectivity index (χ0v) is 30.9. The van der Waals surface area contributed by atoms with Crippen molar-refractivity contribution in [3.63, 3.8) is 0 Å². The molecule has 1 aromatic heterocycles. The van der Waals surface area contributed by atoms with Crippen molar-refractivity contribution in [3.8, 4) is 6.07 Å². The van der Waals surface area contributed by atoms with Gasteiger partial charge in [-0.05, 0) is 71.6 Å². The smallest absolute Gasteiger partial charge is 0.308 e. The number of anilines is 2. The SMILES string of the molecule is CC1(C)c2ccccc2Nc2ccc3c(c21)c1ccccc1n3C1=CCC(c2ccccc2)C=C1C1[NH+]=C(c2ccccc2)C(C#N)=C(c2ccccc2)[NH2+]1. The number of allylic oxidation sites excluding steroid dienone is 3. The van der Waals surface area contributed by atoms with Gasteiger partial charge in [0, 0.05) is 44.6 Å². The summed E-state index contributed by atoms with van der Waals surface area (Å²) in [6, 6.07) is 56.2. The number of nitrogens with one attached hydrogen (secondary N) is 2. The molecule has 7 aromatic rings. The lowest BCUT2D eigenvalue weighted by Gasteiger charge is -2.36. The Morgan fingerprint density at radius 1 is 0.727 bits per heavy atom. The molecule has 0 saturated carbocycles. The third-order valence-electron chi connectivity index (χ3n) is 11.8. The summed E-state index contributed by atoms with van der Waals surface area (Å²) in [6.45, 7) is 4.72. The summed E-state index contributed by atoms with van der Waals surface area (Å²) in [6.07, 6.45) is 5.57. The van der Waals surface area contributed by atoms with Crippen LogP contribution >= 0.6 is 0 Å². The zero-order chi connectivity index (χ0) is 37.1. The van der Waals surface area contributed by atoms with E-state index < -0.39 is 0 Å². The van der Waals surface area contributed by atoms with Gasteiger partial charge in [-0.15, -0.1) is 0 Å². The van der Waals surface area contributed by atoms with E-state index in [2.05, 4.69) is 180 Å². The number of quaternary nitrogens is 1. The molecule has 0 fully saturated rings. The van der Waals surface area contributed by atoms with Gasteiger partial charge < -0.3 is 9.88 Å². The number of hydrogen-bond donors (Lipinski definition) is 3. The standard InChI is InChI=1S/C50H39N5/c1-50(2)39-23-13-14-24-40(39)52-41-27-29-44-45(46(41)50)36-22-12-15-25-42(36)55(44)43-28-26-35(32-16-6-3-7-17-32)30-37(43)49-53-47(33-18-8-4-9-19-33)38(31-51)48(54-49)34-20-10-5-11-21-34/h3-25,27-30,35,49,52-53H,26H2,1-2H3/p+2. The Kier molecular flexibility index (Phi) is 7.76. The van der Waals surface area contributed by atoms with Gasteiger partial charge in [-0.3, -0.25) is 5.32 Å². The van der Waals surface area contributed by atoms with Crippen LogP contribution in [0.2, 0.25) is 0 Å². The van der Waals surface area contributed by atoms with Crippen LogP contribution in [0.15, 0.2) is 175 Å². The van der Waals surface area contributed by atoms with E-state index in [1.165, 1.54) is 49.8 Å². The third-order valence-corrected chi connectivity index (χ3v) is 11.8. The molecule has 2 atom stereocenters. The molecule has 3 heterocycles. The van der Waals surface area contributed by atoms with Crippen LogP contribution in [0.3, 0.4) is 0 Å². The molecule has 5 heteroatoms. The van der Waals surface area contributed by atoms with Crippen LogP contribution in [0.4, 0.5) is 11.4 Å². The fourth-order valence-corrected chi connectivity index (χ4v) is 9.26. The van der Waals surface area contributed by atoms with Crippen molar-refractivity contribution in [1.82, 2.24) is 4.57 Å². The average Bonchev–Trinajstić information content (AvgIpc) is 3.58. The average molecular weight is 712 g/mol. The normalized spacial score (nSPS) is 18.7. The van der Waals surface area contributed by atoms with Crippen LogP contribution in [0.1, 0.15) is 54.0 Å². The molecule has 5 nitrogen and oxygen atoms in total. The maximum absolute atomic E-state index is 10.8. The predicted molar refractivity (Wildman–Crippen MR) is 224 cm³/mol. The molecule has 55 heavy (non-hydrogen) atoms. The molecular weight excluding hydrogens is 671 g/mol. The number of para-hydroxylation sites is 2. The van der Waals surface area contributed by atoms with Crippen molar-refractivity contribution < 1.29 is 10.3 Å². The Hall–Kier alpha value is -6.74. The van der Waals surface area contributed by atoms with Crippen LogP contribution in [0, 0.1) is 11.3 Å². The zero-order valence-electron chi connectivity index (χ0n) is 30.9. The van der Waals surface area contributed by atoms with Gasteiger partial charge in [0.25, 0.3) is 0 Å². The van der Waals surface area contributed by atoms with Gasteiger partial charge in [0.15, 0.2) is 11.3 Å². The first-order valence-electron chi connectivity index (χ1n) is 19.2. The van der Waals surface area contributed by atoms with E-state index in [9.17, 15) is 5.26 Å². The number of nitrogens with two attached hydrogens (primary N) is 1. The van der Waals surface area contributed by atoms with Gasteiger partial charge in [0.05, 0.1) is 16.7 Å². The summed E-state index contributed by atoms with van der Waals surface area (Å²) in [5, 5.41) is 19.3. The molecule has 2 aliphatic heterocycles. The molecule has 2 unspecified atom stereocenters. The highest BCUT2D eigenvalue weighted by Crippen LogP contribution is 2.51. The molecule has 10 rings (SSSR count). The summed E-state index contributed by atoms with van der Waals surface area (Å²) >= 11 is 0. The van der Waals surface area contributed by atoms with Crippen molar-refractivity contribution in [3.05, 3.63) is 203 Å². The lowest BCUT2D eigenvalue weighted by atomic mass is 9.73. The number of aromatic nitrogens is 1. The van der Waals surface area contributed by atoms with Gasteiger partial charge in [0.1, 0.15) is 11.6 Å². The van der Waals surface area contributed by atoms with Crippen molar-refractivity contribution in [2.45, 2.75) is 37.8 Å². The van der Waals surface area contributed by atoms with Gasteiger partial charge in [0.2, 0.25) is 5.71 Å². The minimum absolute atomic E-state index is 0.192. The minimum atomic E-state index is -0.231. The first-order valence-corrected chi connectivity index (χ1v) is 19.2. The topological polar surface area (TPSA) is 71.3 Å². The van der Waals surface area contributed by atoms with Crippen LogP contribution in [0.5, 0.6) is 0 Å². The van der Waals surface area contributed by atoms with Gasteiger partial charge in [-0.1, -0.05) is 129 Å². The minimum Gasteiger partial charge on any atom is -0.355 e. The molecular formula is C50H41N5+2. The lowest BCUT2D eigenvalue weighted by molar-refractivity contribution is -0.777. The van der Waals surface area contributed by atoms with E-state index in [1.54, 1.807) is 0 Å². The fourth-order valence-electron chi connectivity index (χ4n) is 9.26. The number of benzene rings is 6. The third kappa shape index (κ3) is 5.29. The van der Waals surface area contributed by atoms with E-state index >= 15 is 0 Å². The van der Waals surface area contributed by atoms with Crippen LogP contribution in [-0.4, -0.2) is 16.4 Å². The summed E-state index contributed by atoms with van der Waals surface area (Å²) in [5.41, 5.74) is 15.2. The Morgan fingerprint density at radius 3 is 2.16 bits per heavy atom. The maximum Gasteiger partial charge on any atom is 0.308 e. The van der Waals surface area contributed by atoms with E-state index in [-0.39, 0.29) is 17.5 Å². The molecule has 6 aromatic carbocycles. The van der Waals surface area contributed by atoms with Crippen molar-refractivity contribution >= 4 is 50.3 Å². The molecule has 1 aliphatic carbocycles. The number of nitrogens with zero attached hydrogens (tertiary/aromatic N) is 2. The first-order chi connectivity index (χ1) is 27.0. The van der Waals surface area contributed by atoms with Crippen LogP contribution in [0.25, 0.3) is 33.2 Å². The summed E-state index contributed by atoms with van der Waals surface area (Å²) in [7, 11) is 0. The molecule has 264 valence electrons.